The smallest absolute Gasteiger partial charge is 0.344 e. The van der Waals surface area contributed by atoms with E-state index in [0.29, 0.717) is 34.4 Å². The quantitative estimate of drug-likeness (QED) is 0.604. The fraction of sp³-hybridized carbons (Fsp3) is 0.478. The summed E-state index contributed by atoms with van der Waals surface area (Å²) in [7, 11) is 0. The molecule has 3 rings (SSSR count). The third-order valence-corrected chi connectivity index (χ3v) is 5.72. The van der Waals surface area contributed by atoms with Crippen LogP contribution >= 0.6 is 0 Å². The summed E-state index contributed by atoms with van der Waals surface area (Å²) in [6.45, 7) is 6.11. The average Bonchev–Trinajstić information content (AvgIpc) is 2.65. The van der Waals surface area contributed by atoms with Crippen LogP contribution < -0.4 is 5.73 Å². The maximum Gasteiger partial charge on any atom is 0.344 e. The molecule has 28 heavy (non-hydrogen) atoms. The molecule has 1 aliphatic carbocycles. The van der Waals surface area contributed by atoms with Crippen molar-refractivity contribution in [3.8, 4) is 0 Å². The lowest BCUT2D eigenvalue weighted by Gasteiger charge is -2.36. The molecule has 0 heterocycles. The van der Waals surface area contributed by atoms with Crippen molar-refractivity contribution in [2.75, 3.05) is 12.3 Å². The Morgan fingerprint density at radius 3 is 2.57 bits per heavy atom. The summed E-state index contributed by atoms with van der Waals surface area (Å²) in [4.78, 5) is 24.9. The summed E-state index contributed by atoms with van der Waals surface area (Å²) < 4.78 is 10.9. The second kappa shape index (κ2) is 8.63. The molecule has 0 amide bonds. The van der Waals surface area contributed by atoms with Gasteiger partial charge in [-0.05, 0) is 48.1 Å². The molecule has 2 N–H and O–H groups in total. The van der Waals surface area contributed by atoms with E-state index in [1.807, 2.05) is 18.2 Å². The van der Waals surface area contributed by atoms with Gasteiger partial charge in [-0.2, -0.15) is 0 Å². The first-order valence-corrected chi connectivity index (χ1v) is 10.0. The molecule has 0 saturated heterocycles. The number of benzene rings is 2. The van der Waals surface area contributed by atoms with Gasteiger partial charge in [-0.15, -0.1) is 0 Å². The fourth-order valence-corrected chi connectivity index (χ4v) is 4.20. The topological polar surface area (TPSA) is 78.6 Å². The number of rotatable bonds is 5. The van der Waals surface area contributed by atoms with E-state index in [9.17, 15) is 9.59 Å². The predicted octanol–water partition coefficient (Wildman–Crippen LogP) is 4.58. The van der Waals surface area contributed by atoms with Crippen LogP contribution in [0.25, 0.3) is 10.8 Å². The highest BCUT2D eigenvalue weighted by Crippen LogP contribution is 2.35. The molecule has 0 spiro atoms. The van der Waals surface area contributed by atoms with E-state index in [4.69, 9.17) is 15.2 Å². The summed E-state index contributed by atoms with van der Waals surface area (Å²) in [6, 6.07) is 10.8. The summed E-state index contributed by atoms with van der Waals surface area (Å²) in [5.74, 6) is 0.276. The third-order valence-electron chi connectivity index (χ3n) is 5.72. The molecule has 1 saturated carbocycles. The number of ether oxygens (including phenoxy) is 2. The van der Waals surface area contributed by atoms with E-state index in [2.05, 4.69) is 20.8 Å². The van der Waals surface area contributed by atoms with Crippen LogP contribution in [-0.4, -0.2) is 24.6 Å². The number of hydrogen-bond donors (Lipinski definition) is 1. The summed E-state index contributed by atoms with van der Waals surface area (Å²) >= 11 is 0. The molecular weight excluding hydrogens is 354 g/mol. The number of carbonyl (C=O) groups is 2. The van der Waals surface area contributed by atoms with Crippen molar-refractivity contribution in [1.29, 1.82) is 0 Å². The van der Waals surface area contributed by atoms with Crippen LogP contribution in [0.1, 0.15) is 50.4 Å². The van der Waals surface area contributed by atoms with Crippen LogP contribution in [0.2, 0.25) is 0 Å². The third kappa shape index (κ3) is 4.46. The first-order valence-electron chi connectivity index (χ1n) is 10.0. The highest BCUT2D eigenvalue weighted by Gasteiger charge is 2.33. The van der Waals surface area contributed by atoms with Gasteiger partial charge >= 0.3 is 11.9 Å². The minimum atomic E-state index is -0.571. The maximum absolute atomic E-state index is 12.5. The number of anilines is 1. The lowest BCUT2D eigenvalue weighted by Crippen LogP contribution is -2.36. The van der Waals surface area contributed by atoms with Crippen molar-refractivity contribution in [1.82, 2.24) is 0 Å². The fourth-order valence-electron chi connectivity index (χ4n) is 4.20. The monoisotopic (exact) mass is 383 g/mol. The number of carbonyl (C=O) groups excluding carboxylic acids is 2. The predicted molar refractivity (Wildman–Crippen MR) is 110 cm³/mol. The number of hydrogen-bond acceptors (Lipinski definition) is 5. The summed E-state index contributed by atoms with van der Waals surface area (Å²) in [5.41, 5.74) is 6.89. The molecule has 1 fully saturated rings. The van der Waals surface area contributed by atoms with E-state index in [0.717, 1.165) is 24.6 Å². The average molecular weight is 383 g/mol. The van der Waals surface area contributed by atoms with Gasteiger partial charge < -0.3 is 15.2 Å². The number of fused-ring (bicyclic) bond motifs is 1. The first-order chi connectivity index (χ1) is 13.4. The molecule has 0 bridgehead atoms. The zero-order chi connectivity index (χ0) is 20.3. The Kier molecular flexibility index (Phi) is 6.22. The van der Waals surface area contributed by atoms with Crippen LogP contribution in [-0.2, 0) is 14.3 Å². The van der Waals surface area contributed by atoms with Crippen molar-refractivity contribution < 1.29 is 19.1 Å². The zero-order valence-electron chi connectivity index (χ0n) is 16.8. The Morgan fingerprint density at radius 1 is 1.14 bits per heavy atom. The molecule has 2 aromatic rings. The molecule has 0 radical (unpaired) electrons. The van der Waals surface area contributed by atoms with Gasteiger partial charge in [0.2, 0.25) is 0 Å². The molecule has 3 unspecified atom stereocenters. The highest BCUT2D eigenvalue weighted by molar-refractivity contribution is 6.09. The molecule has 0 aliphatic heterocycles. The second-order valence-electron chi connectivity index (χ2n) is 8.18. The minimum absolute atomic E-state index is 0.108. The van der Waals surface area contributed by atoms with E-state index in [-0.39, 0.29) is 6.10 Å². The van der Waals surface area contributed by atoms with Gasteiger partial charge in [-0.3, -0.25) is 0 Å². The van der Waals surface area contributed by atoms with Crippen LogP contribution in [0.15, 0.2) is 36.4 Å². The number of esters is 2. The van der Waals surface area contributed by atoms with E-state index in [1.54, 1.807) is 18.2 Å². The number of nitrogen functional groups attached to an aromatic ring is 1. The molecule has 3 atom stereocenters. The van der Waals surface area contributed by atoms with Crippen LogP contribution in [0.3, 0.4) is 0 Å². The molecule has 5 nitrogen and oxygen atoms in total. The molecular formula is C23H29NO4. The van der Waals surface area contributed by atoms with Gasteiger partial charge in [-0.25, -0.2) is 9.59 Å². The van der Waals surface area contributed by atoms with Crippen molar-refractivity contribution in [2.45, 2.75) is 46.1 Å². The highest BCUT2D eigenvalue weighted by atomic mass is 16.6. The van der Waals surface area contributed by atoms with Crippen LogP contribution in [0.4, 0.5) is 5.69 Å². The first kappa shape index (κ1) is 20.2. The van der Waals surface area contributed by atoms with Crippen molar-refractivity contribution in [3.63, 3.8) is 0 Å². The minimum Gasteiger partial charge on any atom is -0.460 e. The summed E-state index contributed by atoms with van der Waals surface area (Å²) in [6.07, 6.45) is 2.98. The molecule has 2 aromatic carbocycles. The second-order valence-corrected chi connectivity index (χ2v) is 8.18. The largest absolute Gasteiger partial charge is 0.460 e. The van der Waals surface area contributed by atoms with Gasteiger partial charge in [0.15, 0.2) is 6.61 Å². The Morgan fingerprint density at radius 2 is 1.86 bits per heavy atom. The maximum atomic E-state index is 12.5. The SMILES string of the molecule is CC1CCC(C(C)C)C(OC(=O)COC(=O)c2cccc3cccc(N)c23)C1. The molecule has 1 aliphatic rings. The Hall–Kier alpha value is -2.56. The number of nitrogens with two attached hydrogens (primary N) is 1. The van der Waals surface area contributed by atoms with E-state index in [1.165, 1.54) is 0 Å². The lowest BCUT2D eigenvalue weighted by molar-refractivity contribution is -0.159. The van der Waals surface area contributed by atoms with E-state index >= 15 is 0 Å². The molecule has 150 valence electrons. The van der Waals surface area contributed by atoms with Crippen LogP contribution in [0, 0.1) is 17.8 Å². The lowest BCUT2D eigenvalue weighted by atomic mass is 9.75. The van der Waals surface area contributed by atoms with Gasteiger partial charge in [0.25, 0.3) is 0 Å². The normalized spacial score (nSPS) is 22.2. The van der Waals surface area contributed by atoms with Crippen molar-refractivity contribution >= 4 is 28.4 Å². The van der Waals surface area contributed by atoms with Gasteiger partial charge in [-0.1, -0.05) is 51.5 Å². The Balaban J connectivity index is 1.64. The van der Waals surface area contributed by atoms with Gasteiger partial charge in [0.1, 0.15) is 6.10 Å². The Labute approximate surface area is 166 Å². The zero-order valence-corrected chi connectivity index (χ0v) is 16.8. The van der Waals surface area contributed by atoms with Crippen molar-refractivity contribution in [3.05, 3.63) is 42.0 Å². The standard InChI is InChI=1S/C23H29NO4/c1-14(2)17-11-10-15(3)12-20(17)28-21(25)13-27-23(26)18-8-4-6-16-7-5-9-19(24)22(16)18/h4-9,14-15,17,20H,10-13,24H2,1-3H3. The molecule has 0 aromatic heterocycles. The van der Waals surface area contributed by atoms with Gasteiger partial charge in [0, 0.05) is 11.1 Å². The van der Waals surface area contributed by atoms with E-state index < -0.39 is 18.5 Å². The van der Waals surface area contributed by atoms with Crippen LogP contribution in [0.5, 0.6) is 0 Å². The molecule has 5 heteroatoms. The van der Waals surface area contributed by atoms with Gasteiger partial charge in [0.05, 0.1) is 5.56 Å². The van der Waals surface area contributed by atoms with Crippen molar-refractivity contribution in [2.24, 2.45) is 17.8 Å². The Bertz CT molecular complexity index is 856. The summed E-state index contributed by atoms with van der Waals surface area (Å²) in [5, 5.41) is 1.50.